The Hall–Kier alpha value is -0.970. The summed E-state index contributed by atoms with van der Waals surface area (Å²) >= 11 is 2.93. The highest BCUT2D eigenvalue weighted by Crippen LogP contribution is 2.29. The first-order valence-electron chi connectivity index (χ1n) is 4.28. The van der Waals surface area contributed by atoms with E-state index in [0.717, 1.165) is 6.07 Å². The predicted octanol–water partition coefficient (Wildman–Crippen LogP) is 3.31. The van der Waals surface area contributed by atoms with Gasteiger partial charge in [0.25, 0.3) is 0 Å². The number of carboxylic acid groups (broad SMARTS) is 1. The van der Waals surface area contributed by atoms with Gasteiger partial charge in [-0.2, -0.15) is 0 Å². The van der Waals surface area contributed by atoms with Crippen molar-refractivity contribution in [3.63, 3.8) is 0 Å². The fourth-order valence-corrected chi connectivity index (χ4v) is 1.70. The first-order chi connectivity index (χ1) is 6.93. The highest BCUT2D eigenvalue weighted by Gasteiger charge is 2.20. The summed E-state index contributed by atoms with van der Waals surface area (Å²) in [6, 6.07) is 2.36. The lowest BCUT2D eigenvalue weighted by molar-refractivity contribution is -0.137. The van der Waals surface area contributed by atoms with E-state index in [-0.39, 0.29) is 16.5 Å². The number of carbonyl (C=O) groups is 1. The van der Waals surface area contributed by atoms with Gasteiger partial charge in [-0.25, -0.2) is 8.78 Å². The van der Waals surface area contributed by atoms with Crippen LogP contribution in [0.4, 0.5) is 8.78 Å². The fraction of sp³-hybridized carbons (Fsp3) is 0.300. The molecule has 0 saturated carbocycles. The number of benzene rings is 1. The van der Waals surface area contributed by atoms with E-state index in [0.29, 0.717) is 0 Å². The maximum Gasteiger partial charge on any atom is 0.303 e. The minimum Gasteiger partial charge on any atom is -0.481 e. The molecule has 5 heteroatoms. The minimum atomic E-state index is -1.08. The second-order valence-electron chi connectivity index (χ2n) is 3.26. The van der Waals surface area contributed by atoms with Crippen molar-refractivity contribution in [1.82, 2.24) is 0 Å². The van der Waals surface area contributed by atoms with Gasteiger partial charge < -0.3 is 5.11 Å². The van der Waals surface area contributed by atoms with Gasteiger partial charge in [-0.3, -0.25) is 4.79 Å². The van der Waals surface area contributed by atoms with Gasteiger partial charge in [0, 0.05) is 5.56 Å². The molecule has 82 valence electrons. The summed E-state index contributed by atoms with van der Waals surface area (Å²) in [5, 5.41) is 8.54. The maximum absolute atomic E-state index is 13.5. The standard InChI is InChI=1S/C10H9BrF2O2/c1-5(4-8(14)15)9-7(12)3-2-6(11)10(9)13/h2-3,5H,4H2,1H3,(H,14,15). The van der Waals surface area contributed by atoms with Crippen LogP contribution in [0.2, 0.25) is 0 Å². The molecule has 1 aromatic carbocycles. The Kier molecular flexibility index (Phi) is 3.79. The molecule has 0 aliphatic heterocycles. The average Bonchev–Trinajstić information content (AvgIpc) is 2.11. The van der Waals surface area contributed by atoms with Gasteiger partial charge in [0.2, 0.25) is 0 Å². The molecule has 0 aliphatic rings. The van der Waals surface area contributed by atoms with E-state index in [4.69, 9.17) is 5.11 Å². The third-order valence-corrected chi connectivity index (χ3v) is 2.67. The number of aliphatic carboxylic acids is 1. The van der Waals surface area contributed by atoms with Crippen molar-refractivity contribution in [3.05, 3.63) is 33.8 Å². The van der Waals surface area contributed by atoms with Gasteiger partial charge in [0.1, 0.15) is 11.6 Å². The van der Waals surface area contributed by atoms with E-state index in [2.05, 4.69) is 15.9 Å². The summed E-state index contributed by atoms with van der Waals surface area (Å²) in [6.07, 6.45) is -0.301. The SMILES string of the molecule is CC(CC(=O)O)c1c(F)ccc(Br)c1F. The zero-order valence-corrected chi connectivity index (χ0v) is 9.51. The smallest absolute Gasteiger partial charge is 0.303 e. The first kappa shape index (κ1) is 12.1. The van der Waals surface area contributed by atoms with Crippen LogP contribution in [0.15, 0.2) is 16.6 Å². The van der Waals surface area contributed by atoms with Crippen molar-refractivity contribution in [2.45, 2.75) is 19.3 Å². The van der Waals surface area contributed by atoms with Gasteiger partial charge >= 0.3 is 5.97 Å². The summed E-state index contributed by atoms with van der Waals surface area (Å²) < 4.78 is 26.9. The lowest BCUT2D eigenvalue weighted by atomic mass is 9.97. The molecule has 0 aromatic heterocycles. The van der Waals surface area contributed by atoms with Crippen molar-refractivity contribution in [1.29, 1.82) is 0 Å². The van der Waals surface area contributed by atoms with Crippen molar-refractivity contribution >= 4 is 21.9 Å². The zero-order valence-electron chi connectivity index (χ0n) is 7.93. The molecular weight excluding hydrogens is 270 g/mol. The molecule has 1 rings (SSSR count). The molecule has 0 fully saturated rings. The lowest BCUT2D eigenvalue weighted by Gasteiger charge is -2.12. The monoisotopic (exact) mass is 278 g/mol. The lowest BCUT2D eigenvalue weighted by Crippen LogP contribution is -2.07. The molecule has 1 aromatic rings. The van der Waals surface area contributed by atoms with Gasteiger partial charge in [0.05, 0.1) is 10.9 Å². The molecule has 0 radical (unpaired) electrons. The van der Waals surface area contributed by atoms with Gasteiger partial charge in [-0.15, -0.1) is 0 Å². The Morgan fingerprint density at radius 3 is 2.67 bits per heavy atom. The average molecular weight is 279 g/mol. The minimum absolute atomic E-state index is 0.135. The van der Waals surface area contributed by atoms with Crippen LogP contribution in [0.1, 0.15) is 24.8 Å². The number of hydrogen-bond donors (Lipinski definition) is 1. The summed E-state index contributed by atoms with van der Waals surface area (Å²) in [6.45, 7) is 1.47. The van der Waals surface area contributed by atoms with E-state index in [1.165, 1.54) is 13.0 Å². The highest BCUT2D eigenvalue weighted by molar-refractivity contribution is 9.10. The van der Waals surface area contributed by atoms with Crippen LogP contribution < -0.4 is 0 Å². The van der Waals surface area contributed by atoms with Crippen LogP contribution in [0.3, 0.4) is 0 Å². The molecular formula is C10H9BrF2O2. The molecule has 0 heterocycles. The van der Waals surface area contributed by atoms with Gasteiger partial charge in [-0.1, -0.05) is 6.92 Å². The van der Waals surface area contributed by atoms with Crippen molar-refractivity contribution in [3.8, 4) is 0 Å². The largest absolute Gasteiger partial charge is 0.481 e. The Morgan fingerprint density at radius 2 is 2.13 bits per heavy atom. The molecule has 0 saturated heterocycles. The quantitative estimate of drug-likeness (QED) is 0.862. The second kappa shape index (κ2) is 4.70. The van der Waals surface area contributed by atoms with Gasteiger partial charge in [-0.05, 0) is 34.0 Å². The Balaban J connectivity index is 3.12. The van der Waals surface area contributed by atoms with Crippen molar-refractivity contribution < 1.29 is 18.7 Å². The van der Waals surface area contributed by atoms with Crippen LogP contribution >= 0.6 is 15.9 Å². The summed E-state index contributed by atoms with van der Waals surface area (Å²) in [7, 11) is 0. The third-order valence-electron chi connectivity index (χ3n) is 2.05. The van der Waals surface area contributed by atoms with Crippen LogP contribution in [0, 0.1) is 11.6 Å². The number of carboxylic acids is 1. The van der Waals surface area contributed by atoms with Crippen LogP contribution in [0.5, 0.6) is 0 Å². The number of halogens is 3. The molecule has 1 N–H and O–H groups in total. The van der Waals surface area contributed by atoms with Crippen LogP contribution in [-0.2, 0) is 4.79 Å². The zero-order chi connectivity index (χ0) is 11.6. The Morgan fingerprint density at radius 1 is 1.53 bits per heavy atom. The first-order valence-corrected chi connectivity index (χ1v) is 5.08. The normalized spacial score (nSPS) is 12.5. The fourth-order valence-electron chi connectivity index (χ4n) is 1.36. The topological polar surface area (TPSA) is 37.3 Å². The molecule has 1 unspecified atom stereocenters. The van der Waals surface area contributed by atoms with E-state index in [9.17, 15) is 13.6 Å². The summed E-state index contributed by atoms with van der Waals surface area (Å²) in [5.74, 6) is -3.23. The maximum atomic E-state index is 13.5. The predicted molar refractivity (Wildman–Crippen MR) is 54.7 cm³/mol. The van der Waals surface area contributed by atoms with Crippen LogP contribution in [-0.4, -0.2) is 11.1 Å². The van der Waals surface area contributed by atoms with E-state index in [1.807, 2.05) is 0 Å². The van der Waals surface area contributed by atoms with Crippen molar-refractivity contribution in [2.24, 2.45) is 0 Å². The van der Waals surface area contributed by atoms with Crippen molar-refractivity contribution in [2.75, 3.05) is 0 Å². The molecule has 2 nitrogen and oxygen atoms in total. The highest BCUT2D eigenvalue weighted by atomic mass is 79.9. The van der Waals surface area contributed by atoms with E-state index in [1.54, 1.807) is 0 Å². The van der Waals surface area contributed by atoms with E-state index >= 15 is 0 Å². The third kappa shape index (κ3) is 2.75. The molecule has 0 aliphatic carbocycles. The molecule has 0 bridgehead atoms. The number of hydrogen-bond acceptors (Lipinski definition) is 1. The number of rotatable bonds is 3. The molecule has 1 atom stereocenters. The second-order valence-corrected chi connectivity index (χ2v) is 4.11. The Labute approximate surface area is 94.0 Å². The summed E-state index contributed by atoms with van der Waals surface area (Å²) in [5.41, 5.74) is -0.188. The molecule has 0 spiro atoms. The van der Waals surface area contributed by atoms with Gasteiger partial charge in [0.15, 0.2) is 0 Å². The van der Waals surface area contributed by atoms with Crippen LogP contribution in [0.25, 0.3) is 0 Å². The van der Waals surface area contributed by atoms with E-state index < -0.39 is 23.5 Å². The Bertz CT molecular complexity index is 393. The summed E-state index contributed by atoms with van der Waals surface area (Å²) in [4.78, 5) is 10.4. The molecule has 15 heavy (non-hydrogen) atoms. The molecule has 0 amide bonds.